The molecule has 1 aromatic rings. The number of para-hydroxylation sites is 1. The summed E-state index contributed by atoms with van der Waals surface area (Å²) in [4.78, 5) is 0. The molecule has 0 aliphatic heterocycles. The van der Waals surface area contributed by atoms with Gasteiger partial charge in [0.25, 0.3) is 0 Å². The smallest absolute Gasteiger partial charge is 0.118 e. The maximum absolute atomic E-state index is 9.88. The maximum Gasteiger partial charge on any atom is 0.118 e. The Bertz CT molecular complexity index is 303. The number of hydrogen-bond acceptors (Lipinski definition) is 2. The lowest BCUT2D eigenvalue weighted by molar-refractivity contribution is -0.0326. The van der Waals surface area contributed by atoms with Crippen molar-refractivity contribution >= 4 is 0 Å². The standard InChI is InChI=1S/C11H14O2/c12-10-5-2-1-4-9(10)8-11(13)6-3-7-11/h1-2,4-5,12-13H,3,6-8H2. The van der Waals surface area contributed by atoms with Gasteiger partial charge in [-0.1, -0.05) is 18.2 Å². The minimum absolute atomic E-state index is 0.294. The normalized spacial score (nSPS) is 19.5. The van der Waals surface area contributed by atoms with Crippen LogP contribution in [-0.2, 0) is 6.42 Å². The zero-order valence-electron chi connectivity index (χ0n) is 7.53. The molecule has 1 fully saturated rings. The van der Waals surface area contributed by atoms with Gasteiger partial charge in [0.15, 0.2) is 0 Å². The van der Waals surface area contributed by atoms with E-state index in [0.29, 0.717) is 12.2 Å². The molecule has 0 amide bonds. The molecule has 0 atom stereocenters. The average molecular weight is 178 g/mol. The minimum atomic E-state index is -0.543. The van der Waals surface area contributed by atoms with Crippen molar-refractivity contribution in [1.29, 1.82) is 0 Å². The van der Waals surface area contributed by atoms with Crippen molar-refractivity contribution in [2.75, 3.05) is 0 Å². The Morgan fingerprint density at radius 2 is 1.92 bits per heavy atom. The van der Waals surface area contributed by atoms with E-state index < -0.39 is 5.60 Å². The fourth-order valence-corrected chi connectivity index (χ4v) is 1.78. The highest BCUT2D eigenvalue weighted by Crippen LogP contribution is 2.36. The van der Waals surface area contributed by atoms with Gasteiger partial charge >= 0.3 is 0 Å². The maximum atomic E-state index is 9.88. The molecule has 1 aliphatic rings. The quantitative estimate of drug-likeness (QED) is 0.725. The topological polar surface area (TPSA) is 40.5 Å². The number of aliphatic hydroxyl groups is 1. The molecule has 0 bridgehead atoms. The summed E-state index contributed by atoms with van der Waals surface area (Å²) < 4.78 is 0. The van der Waals surface area contributed by atoms with Crippen molar-refractivity contribution in [3.05, 3.63) is 29.8 Å². The van der Waals surface area contributed by atoms with E-state index in [1.54, 1.807) is 12.1 Å². The highest BCUT2D eigenvalue weighted by atomic mass is 16.3. The van der Waals surface area contributed by atoms with Crippen molar-refractivity contribution in [2.24, 2.45) is 0 Å². The molecule has 0 unspecified atom stereocenters. The van der Waals surface area contributed by atoms with Crippen LogP contribution < -0.4 is 0 Å². The third-order valence-corrected chi connectivity index (χ3v) is 2.80. The predicted octanol–water partition coefficient (Wildman–Crippen LogP) is 1.85. The number of phenolic OH excluding ortho intramolecular Hbond substituents is 1. The van der Waals surface area contributed by atoms with Crippen LogP contribution in [0.25, 0.3) is 0 Å². The number of aromatic hydroxyl groups is 1. The molecule has 13 heavy (non-hydrogen) atoms. The third-order valence-electron chi connectivity index (χ3n) is 2.80. The second kappa shape index (κ2) is 3.04. The molecule has 70 valence electrons. The lowest BCUT2D eigenvalue weighted by atomic mass is 9.76. The molecule has 1 aromatic carbocycles. The molecule has 0 aromatic heterocycles. The Balaban J connectivity index is 2.13. The summed E-state index contributed by atoms with van der Waals surface area (Å²) in [6.07, 6.45) is 3.41. The van der Waals surface area contributed by atoms with Crippen LogP contribution in [0.5, 0.6) is 5.75 Å². The van der Waals surface area contributed by atoms with E-state index in [-0.39, 0.29) is 0 Å². The Hall–Kier alpha value is -1.02. The Labute approximate surface area is 77.8 Å². The Kier molecular flexibility index (Phi) is 2.00. The van der Waals surface area contributed by atoms with Crippen LogP contribution in [-0.4, -0.2) is 15.8 Å². The summed E-state index contributed by atoms with van der Waals surface area (Å²) in [6.45, 7) is 0. The molecule has 1 saturated carbocycles. The van der Waals surface area contributed by atoms with Gasteiger partial charge in [0.2, 0.25) is 0 Å². The first-order valence-corrected chi connectivity index (χ1v) is 4.69. The van der Waals surface area contributed by atoms with Crippen LogP contribution in [0, 0.1) is 0 Å². The largest absolute Gasteiger partial charge is 0.508 e. The van der Waals surface area contributed by atoms with E-state index in [4.69, 9.17) is 0 Å². The minimum Gasteiger partial charge on any atom is -0.508 e. The zero-order chi connectivity index (χ0) is 9.31. The van der Waals surface area contributed by atoms with Crippen molar-refractivity contribution < 1.29 is 10.2 Å². The monoisotopic (exact) mass is 178 g/mol. The second-order valence-corrected chi connectivity index (χ2v) is 3.88. The molecule has 0 heterocycles. The summed E-state index contributed by atoms with van der Waals surface area (Å²) in [5, 5.41) is 19.4. The Morgan fingerprint density at radius 1 is 1.23 bits per heavy atom. The van der Waals surface area contributed by atoms with Gasteiger partial charge < -0.3 is 10.2 Å². The first-order chi connectivity index (χ1) is 6.20. The van der Waals surface area contributed by atoms with E-state index in [1.807, 2.05) is 12.1 Å². The van der Waals surface area contributed by atoms with Gasteiger partial charge in [0, 0.05) is 6.42 Å². The lowest BCUT2D eigenvalue weighted by Crippen LogP contribution is -2.38. The molecular weight excluding hydrogens is 164 g/mol. The first kappa shape index (κ1) is 8.57. The summed E-state index contributed by atoms with van der Waals surface area (Å²) in [6, 6.07) is 7.21. The van der Waals surface area contributed by atoms with Gasteiger partial charge in [-0.25, -0.2) is 0 Å². The molecule has 2 heteroatoms. The van der Waals surface area contributed by atoms with E-state index in [1.165, 1.54) is 0 Å². The van der Waals surface area contributed by atoms with Gasteiger partial charge in [-0.2, -0.15) is 0 Å². The van der Waals surface area contributed by atoms with Crippen LogP contribution in [0.15, 0.2) is 24.3 Å². The molecule has 0 saturated heterocycles. The van der Waals surface area contributed by atoms with E-state index in [2.05, 4.69) is 0 Å². The predicted molar refractivity (Wildman–Crippen MR) is 50.6 cm³/mol. The van der Waals surface area contributed by atoms with Crippen LogP contribution >= 0.6 is 0 Å². The summed E-state index contributed by atoms with van der Waals surface area (Å²) >= 11 is 0. The number of phenols is 1. The van der Waals surface area contributed by atoms with E-state index in [9.17, 15) is 10.2 Å². The highest BCUT2D eigenvalue weighted by Gasteiger charge is 2.34. The van der Waals surface area contributed by atoms with Crippen LogP contribution in [0.1, 0.15) is 24.8 Å². The van der Waals surface area contributed by atoms with Gasteiger partial charge in [-0.05, 0) is 30.9 Å². The lowest BCUT2D eigenvalue weighted by Gasteiger charge is -2.36. The van der Waals surface area contributed by atoms with Crippen LogP contribution in [0.4, 0.5) is 0 Å². The van der Waals surface area contributed by atoms with Gasteiger partial charge in [-0.3, -0.25) is 0 Å². The molecule has 0 radical (unpaired) electrons. The number of hydrogen-bond donors (Lipinski definition) is 2. The van der Waals surface area contributed by atoms with Crippen molar-refractivity contribution in [3.63, 3.8) is 0 Å². The first-order valence-electron chi connectivity index (χ1n) is 4.69. The second-order valence-electron chi connectivity index (χ2n) is 3.88. The van der Waals surface area contributed by atoms with Crippen LogP contribution in [0.2, 0.25) is 0 Å². The highest BCUT2D eigenvalue weighted by molar-refractivity contribution is 5.33. The Morgan fingerprint density at radius 3 is 2.46 bits per heavy atom. The molecule has 2 nitrogen and oxygen atoms in total. The fourth-order valence-electron chi connectivity index (χ4n) is 1.78. The number of benzene rings is 1. The van der Waals surface area contributed by atoms with Gasteiger partial charge in [0.05, 0.1) is 5.60 Å². The summed E-state index contributed by atoms with van der Waals surface area (Å²) in [5.74, 6) is 0.294. The average Bonchev–Trinajstić information content (AvgIpc) is 2.06. The summed E-state index contributed by atoms with van der Waals surface area (Å²) in [5.41, 5.74) is 0.309. The summed E-state index contributed by atoms with van der Waals surface area (Å²) in [7, 11) is 0. The number of rotatable bonds is 2. The third kappa shape index (κ3) is 1.68. The molecular formula is C11H14O2. The fraction of sp³-hybridized carbons (Fsp3) is 0.455. The van der Waals surface area contributed by atoms with Gasteiger partial charge in [0.1, 0.15) is 5.75 Å². The van der Waals surface area contributed by atoms with Crippen molar-refractivity contribution in [3.8, 4) is 5.75 Å². The molecule has 0 spiro atoms. The van der Waals surface area contributed by atoms with Crippen molar-refractivity contribution in [2.45, 2.75) is 31.3 Å². The SMILES string of the molecule is Oc1ccccc1CC1(O)CCC1. The van der Waals surface area contributed by atoms with E-state index >= 15 is 0 Å². The van der Waals surface area contributed by atoms with Gasteiger partial charge in [-0.15, -0.1) is 0 Å². The molecule has 2 rings (SSSR count). The van der Waals surface area contributed by atoms with E-state index in [0.717, 1.165) is 24.8 Å². The van der Waals surface area contributed by atoms with Crippen molar-refractivity contribution in [1.82, 2.24) is 0 Å². The zero-order valence-corrected chi connectivity index (χ0v) is 7.53. The molecule has 1 aliphatic carbocycles. The molecule has 2 N–H and O–H groups in total. The van der Waals surface area contributed by atoms with Crippen LogP contribution in [0.3, 0.4) is 0 Å².